The van der Waals surface area contributed by atoms with Crippen molar-refractivity contribution < 1.29 is 13.9 Å². The van der Waals surface area contributed by atoms with E-state index in [0.29, 0.717) is 25.5 Å². The molecule has 3 rings (SSSR count). The number of morpholine rings is 1. The predicted octanol–water partition coefficient (Wildman–Crippen LogP) is 1.49. The summed E-state index contributed by atoms with van der Waals surface area (Å²) in [6, 6.07) is 3.88. The fraction of sp³-hybridized carbons (Fsp3) is 0.471. The molecule has 0 aliphatic carbocycles. The number of rotatable bonds is 5. The molecule has 1 fully saturated rings. The molecule has 128 valence electrons. The molecular weight excluding hydrogens is 308 g/mol. The van der Waals surface area contributed by atoms with E-state index >= 15 is 0 Å². The minimum absolute atomic E-state index is 0.0232. The summed E-state index contributed by atoms with van der Waals surface area (Å²) in [7, 11) is 0. The van der Waals surface area contributed by atoms with Gasteiger partial charge in [0.1, 0.15) is 17.2 Å². The van der Waals surface area contributed by atoms with Gasteiger partial charge in [-0.2, -0.15) is 0 Å². The molecule has 0 unspecified atom stereocenters. The molecule has 0 aromatic carbocycles. The minimum atomic E-state index is -0.232. The third kappa shape index (κ3) is 3.98. The van der Waals surface area contributed by atoms with Crippen LogP contribution in [0.1, 0.15) is 33.7 Å². The molecule has 3 heterocycles. The smallest absolute Gasteiger partial charge is 0.271 e. The van der Waals surface area contributed by atoms with Crippen LogP contribution in [-0.4, -0.2) is 53.6 Å². The highest BCUT2D eigenvalue weighted by molar-refractivity contribution is 5.91. The lowest BCUT2D eigenvalue weighted by Gasteiger charge is -2.33. The average molecular weight is 330 g/mol. The van der Waals surface area contributed by atoms with E-state index in [2.05, 4.69) is 20.2 Å². The monoisotopic (exact) mass is 330 g/mol. The molecule has 0 bridgehead atoms. The van der Waals surface area contributed by atoms with Gasteiger partial charge in [-0.1, -0.05) is 0 Å². The largest absolute Gasteiger partial charge is 0.465 e. The lowest BCUT2D eigenvalue weighted by atomic mass is 10.1. The number of aryl methyl sites for hydroxylation is 2. The van der Waals surface area contributed by atoms with Crippen LogP contribution in [0.2, 0.25) is 0 Å². The number of carbonyl (C=O) groups is 1. The highest BCUT2D eigenvalue weighted by Crippen LogP contribution is 2.23. The van der Waals surface area contributed by atoms with E-state index < -0.39 is 0 Å². The number of aromatic nitrogens is 2. The zero-order valence-electron chi connectivity index (χ0n) is 14.0. The molecule has 1 amide bonds. The van der Waals surface area contributed by atoms with E-state index in [1.165, 1.54) is 6.20 Å². The van der Waals surface area contributed by atoms with Crippen molar-refractivity contribution in [1.29, 1.82) is 0 Å². The highest BCUT2D eigenvalue weighted by atomic mass is 16.5. The minimum Gasteiger partial charge on any atom is -0.465 e. The maximum atomic E-state index is 12.3. The molecule has 2 aromatic rings. The van der Waals surface area contributed by atoms with Gasteiger partial charge in [0.2, 0.25) is 0 Å². The van der Waals surface area contributed by atoms with Gasteiger partial charge < -0.3 is 14.5 Å². The summed E-state index contributed by atoms with van der Waals surface area (Å²) in [4.78, 5) is 22.8. The first kappa shape index (κ1) is 16.6. The molecule has 1 aliphatic heterocycles. The van der Waals surface area contributed by atoms with Crippen molar-refractivity contribution in [1.82, 2.24) is 20.2 Å². The van der Waals surface area contributed by atoms with Gasteiger partial charge in [-0.15, -0.1) is 0 Å². The summed E-state index contributed by atoms with van der Waals surface area (Å²) < 4.78 is 11.2. The number of furan rings is 1. The van der Waals surface area contributed by atoms with Gasteiger partial charge in [0, 0.05) is 25.8 Å². The van der Waals surface area contributed by atoms with Gasteiger partial charge in [0.25, 0.3) is 5.91 Å². The second kappa shape index (κ2) is 7.55. The van der Waals surface area contributed by atoms with Crippen molar-refractivity contribution >= 4 is 5.91 Å². The van der Waals surface area contributed by atoms with Crippen molar-refractivity contribution in [2.24, 2.45) is 0 Å². The van der Waals surface area contributed by atoms with Crippen molar-refractivity contribution in [2.45, 2.75) is 19.9 Å². The first-order valence-corrected chi connectivity index (χ1v) is 8.08. The van der Waals surface area contributed by atoms with Crippen LogP contribution in [0.4, 0.5) is 0 Å². The summed E-state index contributed by atoms with van der Waals surface area (Å²) >= 11 is 0. The molecule has 7 nitrogen and oxygen atoms in total. The van der Waals surface area contributed by atoms with Crippen LogP contribution in [-0.2, 0) is 4.74 Å². The number of ether oxygens (including phenoxy) is 1. The third-order valence-electron chi connectivity index (χ3n) is 4.05. The number of carbonyl (C=O) groups excluding carboxylic acids is 1. The van der Waals surface area contributed by atoms with Crippen LogP contribution in [0.3, 0.4) is 0 Å². The van der Waals surface area contributed by atoms with Crippen molar-refractivity contribution in [3.8, 4) is 0 Å². The second-order valence-electron chi connectivity index (χ2n) is 5.87. The number of hydrogen-bond donors (Lipinski definition) is 1. The fourth-order valence-electron chi connectivity index (χ4n) is 2.72. The molecule has 1 N–H and O–H groups in total. The highest BCUT2D eigenvalue weighted by Gasteiger charge is 2.26. The van der Waals surface area contributed by atoms with E-state index in [-0.39, 0.29) is 11.9 Å². The topological polar surface area (TPSA) is 80.5 Å². The van der Waals surface area contributed by atoms with Crippen LogP contribution >= 0.6 is 0 Å². The van der Waals surface area contributed by atoms with Crippen LogP contribution in [0.25, 0.3) is 0 Å². The number of nitrogens with one attached hydrogen (secondary N) is 1. The summed E-state index contributed by atoms with van der Waals surface area (Å²) in [5.74, 6) is 1.48. The summed E-state index contributed by atoms with van der Waals surface area (Å²) in [5.41, 5.74) is 1.10. The van der Waals surface area contributed by atoms with E-state index in [0.717, 1.165) is 30.3 Å². The molecule has 0 radical (unpaired) electrons. The van der Waals surface area contributed by atoms with Crippen LogP contribution in [0.15, 0.2) is 28.9 Å². The third-order valence-corrected chi connectivity index (χ3v) is 4.05. The van der Waals surface area contributed by atoms with Gasteiger partial charge >= 0.3 is 0 Å². The van der Waals surface area contributed by atoms with Gasteiger partial charge in [-0.3, -0.25) is 14.7 Å². The zero-order chi connectivity index (χ0) is 16.9. The summed E-state index contributed by atoms with van der Waals surface area (Å²) in [5, 5.41) is 2.94. The standard InChI is InChI=1S/C17H22N4O3/c1-12-9-19-14(10-18-12)17(22)20-11-15(16-4-3-13(2)24-16)21-5-7-23-8-6-21/h3-4,9-10,15H,5-8,11H2,1-2H3,(H,20,22)/t15-/m1/s1. The first-order valence-electron chi connectivity index (χ1n) is 8.08. The van der Waals surface area contributed by atoms with Gasteiger partial charge in [0.15, 0.2) is 0 Å². The Bertz CT molecular complexity index is 677. The fourth-order valence-corrected chi connectivity index (χ4v) is 2.72. The molecular formula is C17H22N4O3. The normalized spacial score (nSPS) is 16.8. The van der Waals surface area contributed by atoms with Gasteiger partial charge in [-0.05, 0) is 26.0 Å². The van der Waals surface area contributed by atoms with E-state index in [1.54, 1.807) is 6.20 Å². The van der Waals surface area contributed by atoms with Crippen LogP contribution in [0, 0.1) is 13.8 Å². The molecule has 0 spiro atoms. The van der Waals surface area contributed by atoms with Crippen molar-refractivity contribution in [3.05, 3.63) is 47.4 Å². The van der Waals surface area contributed by atoms with E-state index in [1.807, 2.05) is 26.0 Å². The first-order chi connectivity index (χ1) is 11.6. The molecule has 7 heteroatoms. The molecule has 1 aliphatic rings. The quantitative estimate of drug-likeness (QED) is 0.895. The summed E-state index contributed by atoms with van der Waals surface area (Å²) in [6.45, 7) is 7.19. The van der Waals surface area contributed by atoms with E-state index in [4.69, 9.17) is 9.15 Å². The lowest BCUT2D eigenvalue weighted by Crippen LogP contribution is -2.43. The molecule has 0 saturated carbocycles. The Morgan fingerprint density at radius 1 is 1.25 bits per heavy atom. The maximum absolute atomic E-state index is 12.3. The molecule has 1 saturated heterocycles. The van der Waals surface area contributed by atoms with Crippen molar-refractivity contribution in [2.75, 3.05) is 32.8 Å². The second-order valence-corrected chi connectivity index (χ2v) is 5.87. The van der Waals surface area contributed by atoms with Crippen LogP contribution < -0.4 is 5.32 Å². The number of amides is 1. The predicted molar refractivity (Wildman–Crippen MR) is 87.7 cm³/mol. The van der Waals surface area contributed by atoms with Crippen LogP contribution in [0.5, 0.6) is 0 Å². The SMILES string of the molecule is Cc1cnc(C(=O)NC[C@H](c2ccc(C)o2)N2CCOCC2)cn1. The Morgan fingerprint density at radius 3 is 2.67 bits per heavy atom. The molecule has 1 atom stereocenters. The number of hydrogen-bond acceptors (Lipinski definition) is 6. The van der Waals surface area contributed by atoms with Crippen molar-refractivity contribution in [3.63, 3.8) is 0 Å². The van der Waals surface area contributed by atoms with Gasteiger partial charge in [-0.25, -0.2) is 4.98 Å². The Balaban J connectivity index is 1.69. The Hall–Kier alpha value is -2.25. The Morgan fingerprint density at radius 2 is 2.04 bits per heavy atom. The average Bonchev–Trinajstić information content (AvgIpc) is 3.02. The molecule has 24 heavy (non-hydrogen) atoms. The molecule has 2 aromatic heterocycles. The maximum Gasteiger partial charge on any atom is 0.271 e. The lowest BCUT2D eigenvalue weighted by molar-refractivity contribution is 0.0117. The Kier molecular flexibility index (Phi) is 5.22. The summed E-state index contributed by atoms with van der Waals surface area (Å²) in [6.07, 6.45) is 3.08. The van der Waals surface area contributed by atoms with E-state index in [9.17, 15) is 4.79 Å². The zero-order valence-corrected chi connectivity index (χ0v) is 14.0. The number of nitrogens with zero attached hydrogens (tertiary/aromatic N) is 3. The van der Waals surface area contributed by atoms with Gasteiger partial charge in [0.05, 0.1) is 31.1 Å². The Labute approximate surface area is 141 Å².